The second-order valence-electron chi connectivity index (χ2n) is 5.76. The minimum Gasteiger partial charge on any atom is -0.493 e. The predicted octanol–water partition coefficient (Wildman–Crippen LogP) is 4.32. The van der Waals surface area contributed by atoms with Crippen molar-refractivity contribution in [3.8, 4) is 11.5 Å². The number of nitrogens with one attached hydrogen (secondary N) is 1. The number of benzene rings is 1. The quantitative estimate of drug-likeness (QED) is 0.728. The number of esters is 1. The second-order valence-corrected chi connectivity index (χ2v) is 6.85. The Morgan fingerprint density at radius 3 is 2.46 bits per heavy atom. The van der Waals surface area contributed by atoms with Crippen molar-refractivity contribution in [3.63, 3.8) is 0 Å². The van der Waals surface area contributed by atoms with Crippen LogP contribution in [-0.2, 0) is 4.74 Å². The first-order valence-corrected chi connectivity index (χ1v) is 9.07. The van der Waals surface area contributed by atoms with Crippen molar-refractivity contribution in [1.82, 2.24) is 0 Å². The van der Waals surface area contributed by atoms with Crippen LogP contribution in [0.5, 0.6) is 11.5 Å². The number of methoxy groups -OCH3 is 2. The van der Waals surface area contributed by atoms with E-state index in [4.69, 9.17) is 14.2 Å². The van der Waals surface area contributed by atoms with Gasteiger partial charge in [0.15, 0.2) is 11.5 Å². The Labute approximate surface area is 157 Å². The standard InChI is InChI=1S/C19H23NO5S/c1-6-25-19(22)13-10-15(11(2)3)26-18(13)20-17(21)12-8-7-9-14(23-4)16(12)24-5/h7-11H,6H2,1-5H3,(H,20,21). The van der Waals surface area contributed by atoms with Crippen LogP contribution in [0.1, 0.15) is 52.3 Å². The Bertz CT molecular complexity index is 797. The third-order valence-electron chi connectivity index (χ3n) is 3.69. The molecule has 140 valence electrons. The number of para-hydroxylation sites is 1. The van der Waals surface area contributed by atoms with Gasteiger partial charge in [0.05, 0.1) is 32.0 Å². The summed E-state index contributed by atoms with van der Waals surface area (Å²) in [5, 5.41) is 3.27. The van der Waals surface area contributed by atoms with Crippen molar-refractivity contribution in [2.75, 3.05) is 26.1 Å². The largest absolute Gasteiger partial charge is 0.493 e. The first-order chi connectivity index (χ1) is 12.4. The topological polar surface area (TPSA) is 73.9 Å². The van der Waals surface area contributed by atoms with Crippen LogP contribution in [0.4, 0.5) is 5.00 Å². The molecular weight excluding hydrogens is 354 g/mol. The molecule has 0 atom stereocenters. The summed E-state index contributed by atoms with van der Waals surface area (Å²) in [7, 11) is 2.98. The number of thiophene rings is 1. The Morgan fingerprint density at radius 1 is 1.15 bits per heavy atom. The van der Waals surface area contributed by atoms with Gasteiger partial charge in [0, 0.05) is 4.88 Å². The first kappa shape index (κ1) is 19.8. The summed E-state index contributed by atoms with van der Waals surface area (Å²) in [6.07, 6.45) is 0. The molecule has 1 aromatic carbocycles. The van der Waals surface area contributed by atoms with Gasteiger partial charge in [-0.3, -0.25) is 4.79 Å². The van der Waals surface area contributed by atoms with Crippen LogP contribution in [0.15, 0.2) is 24.3 Å². The highest BCUT2D eigenvalue weighted by Gasteiger charge is 2.23. The van der Waals surface area contributed by atoms with E-state index in [1.54, 1.807) is 31.2 Å². The Hall–Kier alpha value is -2.54. The molecule has 0 saturated carbocycles. The molecule has 0 bridgehead atoms. The fourth-order valence-electron chi connectivity index (χ4n) is 2.38. The van der Waals surface area contributed by atoms with Gasteiger partial charge in [-0.2, -0.15) is 0 Å². The van der Waals surface area contributed by atoms with Gasteiger partial charge in [0.1, 0.15) is 5.00 Å². The van der Waals surface area contributed by atoms with Crippen LogP contribution in [0.3, 0.4) is 0 Å². The van der Waals surface area contributed by atoms with Crippen LogP contribution < -0.4 is 14.8 Å². The fourth-order valence-corrected chi connectivity index (χ4v) is 3.43. The Morgan fingerprint density at radius 2 is 1.88 bits per heavy atom. The molecule has 1 heterocycles. The number of amides is 1. The molecule has 0 aliphatic heterocycles. The van der Waals surface area contributed by atoms with Gasteiger partial charge >= 0.3 is 5.97 Å². The maximum atomic E-state index is 12.8. The maximum absolute atomic E-state index is 12.8. The molecule has 7 heteroatoms. The second kappa shape index (κ2) is 8.71. The van der Waals surface area contributed by atoms with E-state index in [0.717, 1.165) is 4.88 Å². The van der Waals surface area contributed by atoms with Gasteiger partial charge in [0.2, 0.25) is 0 Å². The van der Waals surface area contributed by atoms with E-state index in [-0.39, 0.29) is 18.4 Å². The first-order valence-electron chi connectivity index (χ1n) is 8.26. The van der Waals surface area contributed by atoms with E-state index >= 15 is 0 Å². The van der Waals surface area contributed by atoms with Gasteiger partial charge in [-0.15, -0.1) is 11.3 Å². The molecule has 0 aliphatic rings. The van der Waals surface area contributed by atoms with Gasteiger partial charge in [0.25, 0.3) is 5.91 Å². The monoisotopic (exact) mass is 377 g/mol. The van der Waals surface area contributed by atoms with Crippen molar-refractivity contribution in [2.45, 2.75) is 26.7 Å². The summed E-state index contributed by atoms with van der Waals surface area (Å²) < 4.78 is 15.6. The van der Waals surface area contributed by atoms with Crippen molar-refractivity contribution < 1.29 is 23.8 Å². The summed E-state index contributed by atoms with van der Waals surface area (Å²) in [4.78, 5) is 26.0. The molecule has 6 nitrogen and oxygen atoms in total. The smallest absolute Gasteiger partial charge is 0.341 e. The number of rotatable bonds is 7. The van der Waals surface area contributed by atoms with E-state index < -0.39 is 5.97 Å². The number of anilines is 1. The average Bonchev–Trinajstić information content (AvgIpc) is 3.05. The third kappa shape index (κ3) is 4.16. The molecule has 0 aliphatic carbocycles. The van der Waals surface area contributed by atoms with Crippen LogP contribution in [0, 0.1) is 0 Å². The third-order valence-corrected chi connectivity index (χ3v) is 5.04. The number of carbonyl (C=O) groups is 2. The summed E-state index contributed by atoms with van der Waals surface area (Å²) in [5.74, 6) is 0.183. The molecule has 1 aromatic heterocycles. The number of carbonyl (C=O) groups excluding carboxylic acids is 2. The zero-order chi connectivity index (χ0) is 19.3. The van der Waals surface area contributed by atoms with E-state index in [9.17, 15) is 9.59 Å². The van der Waals surface area contributed by atoms with E-state index in [1.165, 1.54) is 25.6 Å². The van der Waals surface area contributed by atoms with Crippen molar-refractivity contribution in [2.24, 2.45) is 0 Å². The molecule has 2 rings (SSSR count). The summed E-state index contributed by atoms with van der Waals surface area (Å²) in [5.41, 5.74) is 0.678. The van der Waals surface area contributed by atoms with Crippen LogP contribution in [-0.4, -0.2) is 32.7 Å². The lowest BCUT2D eigenvalue weighted by molar-refractivity contribution is 0.0528. The minimum absolute atomic E-state index is 0.227. The molecule has 0 fully saturated rings. The Balaban J connectivity index is 2.39. The molecule has 2 aromatic rings. The fraction of sp³-hybridized carbons (Fsp3) is 0.368. The molecule has 26 heavy (non-hydrogen) atoms. The molecular formula is C19H23NO5S. The van der Waals surface area contributed by atoms with E-state index in [1.807, 2.05) is 13.8 Å². The van der Waals surface area contributed by atoms with Crippen molar-refractivity contribution in [3.05, 3.63) is 40.3 Å². The number of hydrogen-bond acceptors (Lipinski definition) is 6. The molecule has 1 amide bonds. The normalized spacial score (nSPS) is 10.5. The van der Waals surface area contributed by atoms with Gasteiger partial charge < -0.3 is 19.5 Å². The molecule has 0 saturated heterocycles. The molecule has 0 unspecified atom stereocenters. The van der Waals surface area contributed by atoms with Gasteiger partial charge in [-0.25, -0.2) is 4.79 Å². The lowest BCUT2D eigenvalue weighted by atomic mass is 10.1. The average molecular weight is 377 g/mol. The molecule has 0 radical (unpaired) electrons. The maximum Gasteiger partial charge on any atom is 0.341 e. The van der Waals surface area contributed by atoms with E-state index in [2.05, 4.69) is 5.32 Å². The van der Waals surface area contributed by atoms with Crippen LogP contribution in [0.25, 0.3) is 0 Å². The summed E-state index contributed by atoms with van der Waals surface area (Å²) in [6, 6.07) is 6.82. The highest BCUT2D eigenvalue weighted by molar-refractivity contribution is 7.16. The van der Waals surface area contributed by atoms with E-state index in [0.29, 0.717) is 27.6 Å². The highest BCUT2D eigenvalue weighted by atomic mass is 32.1. The lowest BCUT2D eigenvalue weighted by Crippen LogP contribution is -2.15. The zero-order valence-corrected chi connectivity index (χ0v) is 16.4. The highest BCUT2D eigenvalue weighted by Crippen LogP contribution is 2.35. The summed E-state index contributed by atoms with van der Waals surface area (Å²) in [6.45, 7) is 6.06. The predicted molar refractivity (Wildman–Crippen MR) is 102 cm³/mol. The molecule has 1 N–H and O–H groups in total. The molecule has 0 spiro atoms. The van der Waals surface area contributed by atoms with Crippen molar-refractivity contribution >= 4 is 28.2 Å². The van der Waals surface area contributed by atoms with Crippen molar-refractivity contribution in [1.29, 1.82) is 0 Å². The lowest BCUT2D eigenvalue weighted by Gasteiger charge is -2.12. The van der Waals surface area contributed by atoms with Crippen LogP contribution >= 0.6 is 11.3 Å². The number of ether oxygens (including phenoxy) is 3. The number of hydrogen-bond donors (Lipinski definition) is 1. The summed E-state index contributed by atoms with van der Waals surface area (Å²) >= 11 is 1.36. The SMILES string of the molecule is CCOC(=O)c1cc(C(C)C)sc1NC(=O)c1cccc(OC)c1OC. The Kier molecular flexibility index (Phi) is 6.63. The zero-order valence-electron chi connectivity index (χ0n) is 15.5. The van der Waals surface area contributed by atoms with Gasteiger partial charge in [-0.1, -0.05) is 19.9 Å². The van der Waals surface area contributed by atoms with Crippen LogP contribution in [0.2, 0.25) is 0 Å². The minimum atomic E-state index is -0.455. The van der Waals surface area contributed by atoms with Gasteiger partial charge in [-0.05, 0) is 31.0 Å².